The first-order valence-corrected chi connectivity index (χ1v) is 10.8. The van der Waals surface area contributed by atoms with Gasteiger partial charge in [-0.2, -0.15) is 5.10 Å². The quantitative estimate of drug-likeness (QED) is 0.491. The van der Waals surface area contributed by atoms with Gasteiger partial charge in [-0.15, -0.1) is 0 Å². The second-order valence-corrected chi connectivity index (χ2v) is 8.88. The molecule has 1 saturated heterocycles. The number of halogens is 4. The number of alkyl halides is 2. The second kappa shape index (κ2) is 8.63. The number of anilines is 3. The molecule has 0 radical (unpaired) electrons. The molecule has 0 aliphatic carbocycles. The maximum atomic E-state index is 14.3. The highest BCUT2D eigenvalue weighted by atomic mass is 32.1. The van der Waals surface area contributed by atoms with Crippen molar-refractivity contribution in [3.8, 4) is 10.6 Å². The van der Waals surface area contributed by atoms with E-state index < -0.39 is 42.5 Å². The Bertz CT molecular complexity index is 1200. The van der Waals surface area contributed by atoms with Gasteiger partial charge in [0.1, 0.15) is 27.3 Å². The summed E-state index contributed by atoms with van der Waals surface area (Å²) in [6.45, 7) is -0.327. The van der Waals surface area contributed by atoms with Crippen molar-refractivity contribution in [2.45, 2.75) is 24.8 Å². The first-order valence-electron chi connectivity index (χ1n) is 9.97. The average Bonchev–Trinajstić information content (AvgIpc) is 3.25. The van der Waals surface area contributed by atoms with Crippen LogP contribution in [-0.2, 0) is 7.05 Å². The van der Waals surface area contributed by atoms with Gasteiger partial charge in [-0.25, -0.2) is 22.5 Å². The summed E-state index contributed by atoms with van der Waals surface area (Å²) < 4.78 is 57.6. The van der Waals surface area contributed by atoms with E-state index in [9.17, 15) is 22.4 Å². The van der Waals surface area contributed by atoms with Crippen LogP contribution in [-0.4, -0.2) is 45.7 Å². The molecule has 3 heterocycles. The van der Waals surface area contributed by atoms with E-state index in [0.29, 0.717) is 6.42 Å². The maximum absolute atomic E-state index is 14.3. The highest BCUT2D eigenvalue weighted by Gasteiger charge is 2.38. The molecule has 1 fully saturated rings. The SMILES string of the molecule is Cn1ncc(NC(=O)c2nc(-c3cc(F)ccc3F)sc2N)c1N1CCC(N)CC(F)(F)C1. The van der Waals surface area contributed by atoms with Crippen molar-refractivity contribution < 1.29 is 22.4 Å². The molecule has 1 unspecified atom stereocenters. The van der Waals surface area contributed by atoms with Gasteiger partial charge in [0.25, 0.3) is 11.8 Å². The molecule has 4 rings (SSSR count). The zero-order valence-corrected chi connectivity index (χ0v) is 18.3. The fraction of sp³-hybridized carbons (Fsp3) is 0.350. The largest absolute Gasteiger partial charge is 0.389 e. The van der Waals surface area contributed by atoms with Crippen LogP contribution in [0.15, 0.2) is 24.4 Å². The Hall–Kier alpha value is -3.19. The Kier molecular flexibility index (Phi) is 6.01. The fourth-order valence-electron chi connectivity index (χ4n) is 3.76. The van der Waals surface area contributed by atoms with Gasteiger partial charge in [-0.05, 0) is 24.6 Å². The number of carbonyl (C=O) groups excluding carboxylic acids is 1. The van der Waals surface area contributed by atoms with Crippen molar-refractivity contribution in [3.63, 3.8) is 0 Å². The number of amides is 1. The van der Waals surface area contributed by atoms with E-state index in [1.807, 2.05) is 0 Å². The number of rotatable bonds is 4. The number of aryl methyl sites for hydroxylation is 1. The van der Waals surface area contributed by atoms with Crippen molar-refractivity contribution in [2.75, 3.05) is 29.0 Å². The number of nitrogens with two attached hydrogens (primary N) is 2. The standard InChI is InChI=1S/C20H21F4N7OS/c1-30-19(31-5-4-11(25)7-20(23,24)9-31)14(8-27-30)28-17(32)15-16(26)33-18(29-15)12-6-10(21)2-3-13(12)22/h2-3,6,8,11H,4-5,7,9,25-26H2,1H3,(H,28,32). The zero-order valence-electron chi connectivity index (χ0n) is 17.5. The highest BCUT2D eigenvalue weighted by Crippen LogP contribution is 2.35. The average molecular weight is 483 g/mol. The molecular formula is C20H21F4N7OS. The number of carbonyl (C=O) groups is 1. The van der Waals surface area contributed by atoms with E-state index in [1.54, 1.807) is 7.05 Å². The number of nitrogens with one attached hydrogen (secondary N) is 1. The van der Waals surface area contributed by atoms with Gasteiger partial charge in [0, 0.05) is 31.6 Å². The Morgan fingerprint density at radius 3 is 2.85 bits per heavy atom. The molecule has 13 heteroatoms. The minimum Gasteiger partial charge on any atom is -0.389 e. The Morgan fingerprint density at radius 2 is 2.09 bits per heavy atom. The number of aromatic nitrogens is 3. The molecule has 0 spiro atoms. The van der Waals surface area contributed by atoms with Gasteiger partial charge in [-0.3, -0.25) is 9.48 Å². The van der Waals surface area contributed by atoms with E-state index >= 15 is 0 Å². The summed E-state index contributed by atoms with van der Waals surface area (Å²) in [4.78, 5) is 18.4. The Balaban J connectivity index is 1.61. The van der Waals surface area contributed by atoms with Gasteiger partial charge >= 0.3 is 0 Å². The van der Waals surface area contributed by atoms with E-state index in [4.69, 9.17) is 11.5 Å². The minimum absolute atomic E-state index is 0.0103. The van der Waals surface area contributed by atoms with Crippen LogP contribution < -0.4 is 21.7 Å². The molecule has 5 N–H and O–H groups in total. The molecule has 1 atom stereocenters. The molecule has 0 saturated carbocycles. The number of hydrogen-bond donors (Lipinski definition) is 3. The van der Waals surface area contributed by atoms with Crippen LogP contribution >= 0.6 is 11.3 Å². The number of benzene rings is 1. The lowest BCUT2D eigenvalue weighted by Gasteiger charge is -2.26. The number of thiazole rings is 1. The predicted molar refractivity (Wildman–Crippen MR) is 117 cm³/mol. The van der Waals surface area contributed by atoms with Gasteiger partial charge in [-0.1, -0.05) is 11.3 Å². The molecule has 2 aromatic heterocycles. The minimum atomic E-state index is -3.01. The highest BCUT2D eigenvalue weighted by molar-refractivity contribution is 7.19. The van der Waals surface area contributed by atoms with Crippen LogP contribution in [0.25, 0.3) is 10.6 Å². The number of nitrogens with zero attached hydrogens (tertiary/aromatic N) is 4. The van der Waals surface area contributed by atoms with Crippen molar-refractivity contribution in [1.29, 1.82) is 0 Å². The van der Waals surface area contributed by atoms with Crippen molar-refractivity contribution >= 4 is 33.8 Å². The van der Waals surface area contributed by atoms with E-state index in [-0.39, 0.29) is 39.3 Å². The van der Waals surface area contributed by atoms with E-state index in [2.05, 4.69) is 15.4 Å². The van der Waals surface area contributed by atoms with Gasteiger partial charge in [0.05, 0.1) is 12.7 Å². The summed E-state index contributed by atoms with van der Waals surface area (Å²) in [5.41, 5.74) is 11.5. The molecule has 1 aromatic carbocycles. The Labute approximate surface area is 190 Å². The molecule has 176 valence electrons. The monoisotopic (exact) mass is 483 g/mol. The summed E-state index contributed by atoms with van der Waals surface area (Å²) >= 11 is 0.824. The normalized spacial score (nSPS) is 18.2. The summed E-state index contributed by atoms with van der Waals surface area (Å²) in [5.74, 6) is -4.85. The van der Waals surface area contributed by atoms with Crippen LogP contribution in [0.3, 0.4) is 0 Å². The first kappa shape index (κ1) is 23.0. The molecular weight excluding hydrogens is 462 g/mol. The van der Waals surface area contributed by atoms with Crippen LogP contribution in [0.1, 0.15) is 23.3 Å². The van der Waals surface area contributed by atoms with Crippen LogP contribution in [0.4, 0.5) is 34.1 Å². The van der Waals surface area contributed by atoms with Crippen LogP contribution in [0, 0.1) is 11.6 Å². The van der Waals surface area contributed by atoms with Gasteiger partial charge in [0.2, 0.25) is 0 Å². The summed E-state index contributed by atoms with van der Waals surface area (Å²) in [6, 6.07) is 2.23. The van der Waals surface area contributed by atoms with Crippen molar-refractivity contribution in [1.82, 2.24) is 14.8 Å². The van der Waals surface area contributed by atoms with Crippen molar-refractivity contribution in [2.24, 2.45) is 12.8 Å². The molecule has 1 aliphatic rings. The first-order chi connectivity index (χ1) is 15.5. The number of nitrogen functional groups attached to an aromatic ring is 1. The topological polar surface area (TPSA) is 115 Å². The van der Waals surface area contributed by atoms with Crippen molar-refractivity contribution in [3.05, 3.63) is 41.7 Å². The zero-order chi connectivity index (χ0) is 23.9. The third-order valence-electron chi connectivity index (χ3n) is 5.24. The van der Waals surface area contributed by atoms with Crippen LogP contribution in [0.5, 0.6) is 0 Å². The smallest absolute Gasteiger partial charge is 0.277 e. The van der Waals surface area contributed by atoms with Crippen LogP contribution in [0.2, 0.25) is 0 Å². The third-order valence-corrected chi connectivity index (χ3v) is 6.15. The summed E-state index contributed by atoms with van der Waals surface area (Å²) in [6.07, 6.45) is 1.24. The lowest BCUT2D eigenvalue weighted by atomic mass is 10.1. The lowest BCUT2D eigenvalue weighted by Crippen LogP contribution is -2.37. The summed E-state index contributed by atoms with van der Waals surface area (Å²) in [5, 5.41) is 6.69. The second-order valence-electron chi connectivity index (χ2n) is 7.85. The molecule has 3 aromatic rings. The number of hydrogen-bond acceptors (Lipinski definition) is 7. The fourth-order valence-corrected chi connectivity index (χ4v) is 4.60. The molecule has 1 aliphatic heterocycles. The summed E-state index contributed by atoms with van der Waals surface area (Å²) in [7, 11) is 1.57. The molecule has 8 nitrogen and oxygen atoms in total. The van der Waals surface area contributed by atoms with Gasteiger partial charge in [0.15, 0.2) is 11.5 Å². The van der Waals surface area contributed by atoms with E-state index in [0.717, 1.165) is 29.5 Å². The third kappa shape index (κ3) is 4.78. The predicted octanol–water partition coefficient (Wildman–Crippen LogP) is 3.22. The maximum Gasteiger partial charge on any atom is 0.277 e. The molecule has 0 bridgehead atoms. The van der Waals surface area contributed by atoms with E-state index in [1.165, 1.54) is 15.8 Å². The molecule has 33 heavy (non-hydrogen) atoms. The Morgan fingerprint density at radius 1 is 1.33 bits per heavy atom. The van der Waals surface area contributed by atoms with Gasteiger partial charge < -0.3 is 21.7 Å². The lowest BCUT2D eigenvalue weighted by molar-refractivity contribution is -0.000527. The molecule has 1 amide bonds.